The van der Waals surface area contributed by atoms with Gasteiger partial charge in [-0.15, -0.1) is 0 Å². The van der Waals surface area contributed by atoms with Gasteiger partial charge in [-0.25, -0.2) is 0 Å². The van der Waals surface area contributed by atoms with Crippen LogP contribution in [0.25, 0.3) is 0 Å². The van der Waals surface area contributed by atoms with E-state index in [9.17, 15) is 0 Å². The number of pyridine rings is 3. The number of aliphatic imine (C=N–C) groups is 3. The predicted molar refractivity (Wildman–Crippen MR) is 312 cm³/mol. The molecule has 0 radical (unpaired) electrons. The van der Waals surface area contributed by atoms with E-state index in [0.717, 1.165) is 33.4 Å². The first-order valence-electron chi connectivity index (χ1n) is 26.9. The van der Waals surface area contributed by atoms with Crippen molar-refractivity contribution in [2.45, 2.75) is 36.3 Å². The summed E-state index contributed by atoms with van der Waals surface area (Å²) in [5.41, 5.74) is 6.79. The smallest absolute Gasteiger partial charge is 0.260 e. The van der Waals surface area contributed by atoms with E-state index in [1.807, 2.05) is 237 Å². The van der Waals surface area contributed by atoms with Crippen LogP contribution in [0.1, 0.15) is 118 Å². The quantitative estimate of drug-likeness (QED) is 0.119. The van der Waals surface area contributed by atoms with E-state index < -0.39 is 54.0 Å². The monoisotopic (exact) mass is 1050 g/mol. The van der Waals surface area contributed by atoms with Crippen molar-refractivity contribution in [3.8, 4) is 0 Å². The second-order valence-corrected chi connectivity index (χ2v) is 20.0. The van der Waals surface area contributed by atoms with Gasteiger partial charge in [-0.05, 0) is 88.0 Å². The van der Waals surface area contributed by atoms with E-state index in [2.05, 4.69) is 0 Å². The Morgan fingerprint density at radius 3 is 0.716 bits per heavy atom. The fourth-order valence-corrected chi connectivity index (χ4v) is 11.4. The zero-order valence-electron chi connectivity index (χ0n) is 43.7. The van der Waals surface area contributed by atoms with Crippen LogP contribution in [-0.4, -0.2) is 64.9 Å². The molecule has 12 heteroatoms. The molecule has 0 spiro atoms. The van der Waals surface area contributed by atoms with E-state index in [0.29, 0.717) is 34.6 Å². The fraction of sp³-hybridized carbons (Fsp3) is 0.0870. The first-order valence-corrected chi connectivity index (χ1v) is 26.9. The molecule has 0 bridgehead atoms. The molecule has 3 amide bonds. The molecule has 6 atom stereocenters. The molecule has 0 aliphatic carbocycles. The number of carbonyl (C=O) groups is 3. The van der Waals surface area contributed by atoms with E-state index in [4.69, 9.17) is 29.9 Å². The van der Waals surface area contributed by atoms with Gasteiger partial charge in [0.05, 0.1) is 18.1 Å². The molecule has 7 aromatic carbocycles. The number of benzene rings is 7. The highest BCUT2D eigenvalue weighted by atomic mass is 16.2. The third-order valence-electron chi connectivity index (χ3n) is 15.1. The first kappa shape index (κ1) is 49.9. The lowest BCUT2D eigenvalue weighted by Gasteiger charge is -2.32. The Morgan fingerprint density at radius 1 is 0.272 bits per heavy atom. The zero-order valence-corrected chi connectivity index (χ0v) is 43.7. The van der Waals surface area contributed by atoms with Gasteiger partial charge in [-0.3, -0.25) is 59.0 Å². The topological polar surface area (TPSA) is 137 Å². The second-order valence-electron chi connectivity index (χ2n) is 20.0. The largest absolute Gasteiger partial charge is 0.281 e. The molecule has 3 aliphatic rings. The maximum Gasteiger partial charge on any atom is 0.260 e. The summed E-state index contributed by atoms with van der Waals surface area (Å²) in [6, 6.07) is 76.7. The van der Waals surface area contributed by atoms with Gasteiger partial charge in [-0.2, -0.15) is 0 Å². The van der Waals surface area contributed by atoms with Gasteiger partial charge in [-0.1, -0.05) is 200 Å². The van der Waals surface area contributed by atoms with Crippen molar-refractivity contribution in [2.24, 2.45) is 15.0 Å². The Balaban J connectivity index is 1.03. The van der Waals surface area contributed by atoms with Crippen molar-refractivity contribution in [1.29, 1.82) is 0 Å². The summed E-state index contributed by atoms with van der Waals surface area (Å²) in [6.07, 6.45) is 5.03. The summed E-state index contributed by atoms with van der Waals surface area (Å²) in [6.45, 7) is 0. The van der Waals surface area contributed by atoms with Crippen molar-refractivity contribution in [3.63, 3.8) is 0 Å². The number of carbonyl (C=O) groups excluding carboxylic acids is 3. The van der Waals surface area contributed by atoms with E-state index in [-0.39, 0.29) is 16.7 Å². The molecule has 0 saturated heterocycles. The number of aromatic nitrogens is 3. The number of amides is 3. The number of amidine groups is 3. The van der Waals surface area contributed by atoms with Crippen LogP contribution in [0.4, 0.5) is 0 Å². The summed E-state index contributed by atoms with van der Waals surface area (Å²) in [4.78, 5) is 84.9. The zero-order chi connectivity index (χ0) is 54.7. The van der Waals surface area contributed by atoms with Gasteiger partial charge in [0.2, 0.25) is 0 Å². The molecular formula is C69H51N9O3. The average Bonchev–Trinajstić information content (AvgIpc) is 4.49. The number of hydrogen-bond acceptors (Lipinski definition) is 9. The molecule has 6 heterocycles. The molecule has 13 rings (SSSR count). The average molecular weight is 1050 g/mol. The van der Waals surface area contributed by atoms with Crippen LogP contribution in [0.3, 0.4) is 0 Å². The molecule has 3 aliphatic heterocycles. The third-order valence-corrected chi connectivity index (χ3v) is 15.1. The summed E-state index contributed by atoms with van der Waals surface area (Å²) in [5.74, 6) is -0.487. The standard InChI is InChI=1S/C69H51N9O3/c79-67(76-61(49-31-13-4-14-32-49)58(46-25-7-1-8-26-46)73-64(76)55-37-19-22-40-70-55)52-43-53(68(80)77-62(50-33-15-5-16-34-50)59(47-27-9-2-10-28-47)74-65(77)56-38-20-23-41-71-56)45-54(44-52)69(81)78-63(51-35-17-6-18-36-51)60(48-29-11-3-12-30-48)75-66(78)57-39-21-24-42-72-57/h1-45,58-63H/t58-,59-,60-,61-,62-,63-/m1/s1. The lowest BCUT2D eigenvalue weighted by atomic mass is 9.91. The molecule has 0 saturated carbocycles. The normalized spacial score (nSPS) is 19.4. The van der Waals surface area contributed by atoms with Crippen molar-refractivity contribution < 1.29 is 14.4 Å². The first-order chi connectivity index (χ1) is 40.0. The highest BCUT2D eigenvalue weighted by Gasteiger charge is 2.47. The molecule has 0 N–H and O–H groups in total. The van der Waals surface area contributed by atoms with Crippen LogP contribution in [0.2, 0.25) is 0 Å². The van der Waals surface area contributed by atoms with Gasteiger partial charge in [0.1, 0.15) is 35.2 Å². The maximum atomic E-state index is 16.5. The molecule has 12 nitrogen and oxygen atoms in total. The Kier molecular flexibility index (Phi) is 13.6. The molecule has 10 aromatic rings. The Morgan fingerprint density at radius 2 is 0.494 bits per heavy atom. The van der Waals surface area contributed by atoms with Gasteiger partial charge < -0.3 is 0 Å². The van der Waals surface area contributed by atoms with Crippen LogP contribution < -0.4 is 0 Å². The van der Waals surface area contributed by atoms with Crippen LogP contribution >= 0.6 is 0 Å². The third kappa shape index (κ3) is 9.58. The van der Waals surface area contributed by atoms with Crippen LogP contribution in [-0.2, 0) is 0 Å². The minimum absolute atomic E-state index is 0.0697. The number of nitrogens with zero attached hydrogens (tertiary/aromatic N) is 9. The van der Waals surface area contributed by atoms with Gasteiger partial charge >= 0.3 is 0 Å². The highest BCUT2D eigenvalue weighted by Crippen LogP contribution is 2.48. The summed E-state index contributed by atoms with van der Waals surface area (Å²) < 4.78 is 0. The predicted octanol–water partition coefficient (Wildman–Crippen LogP) is 13.0. The van der Waals surface area contributed by atoms with Gasteiger partial charge in [0, 0.05) is 35.3 Å². The van der Waals surface area contributed by atoms with E-state index in [1.165, 1.54) is 0 Å². The lowest BCUT2D eigenvalue weighted by Crippen LogP contribution is -2.40. The number of hydrogen-bond donors (Lipinski definition) is 0. The van der Waals surface area contributed by atoms with Crippen molar-refractivity contribution >= 4 is 35.2 Å². The Bertz CT molecular complexity index is 3550. The Hall–Kier alpha value is -10.6. The molecular weight excluding hydrogens is 1000 g/mol. The lowest BCUT2D eigenvalue weighted by molar-refractivity contribution is 0.0803. The summed E-state index contributed by atoms with van der Waals surface area (Å²) >= 11 is 0. The highest BCUT2D eigenvalue weighted by molar-refractivity contribution is 6.19. The Labute approximate surface area is 468 Å². The van der Waals surface area contributed by atoms with E-state index in [1.54, 1.807) is 51.5 Å². The van der Waals surface area contributed by atoms with Gasteiger partial charge in [0.15, 0.2) is 17.5 Å². The minimum Gasteiger partial charge on any atom is -0.281 e. The van der Waals surface area contributed by atoms with Crippen LogP contribution in [0, 0.1) is 0 Å². The number of rotatable bonds is 12. The summed E-state index contributed by atoms with van der Waals surface area (Å²) in [5, 5.41) is 0. The van der Waals surface area contributed by atoms with Crippen LogP contribution in [0.5, 0.6) is 0 Å². The molecule has 81 heavy (non-hydrogen) atoms. The summed E-state index contributed by atoms with van der Waals surface area (Å²) in [7, 11) is 0. The van der Waals surface area contributed by atoms with Crippen molar-refractivity contribution in [2.75, 3.05) is 0 Å². The van der Waals surface area contributed by atoms with Crippen molar-refractivity contribution in [1.82, 2.24) is 29.7 Å². The fourth-order valence-electron chi connectivity index (χ4n) is 11.4. The maximum absolute atomic E-state index is 16.5. The van der Waals surface area contributed by atoms with Gasteiger partial charge in [0.25, 0.3) is 17.7 Å². The SMILES string of the molecule is O=C(c1cc(C(=O)N2C(c3ccccn3)=N[C@H](c3ccccc3)[C@H]2c2ccccc2)cc(C(=O)N2C(c3ccccn3)=N[C@H](c3ccccc3)[C@H]2c2ccccc2)c1)N1C(c2ccccn2)=N[C@H](c2ccccc2)[C@H]1c1ccccc1. The van der Waals surface area contributed by atoms with Crippen molar-refractivity contribution in [3.05, 3.63) is 341 Å². The molecule has 0 fully saturated rings. The minimum atomic E-state index is -0.678. The molecule has 3 aromatic heterocycles. The second kappa shape index (κ2) is 22.0. The molecule has 390 valence electrons. The van der Waals surface area contributed by atoms with E-state index >= 15 is 14.4 Å². The molecule has 0 unspecified atom stereocenters. The van der Waals surface area contributed by atoms with Crippen LogP contribution in [0.15, 0.2) is 288 Å².